The summed E-state index contributed by atoms with van der Waals surface area (Å²) in [5, 5.41) is 0. The molecule has 0 amide bonds. The smallest absolute Gasteiger partial charge is 0.294 e. The minimum absolute atomic E-state index is 0.0544. The maximum atomic E-state index is 12.7. The van der Waals surface area contributed by atoms with Crippen molar-refractivity contribution < 1.29 is 18.0 Å². The van der Waals surface area contributed by atoms with Gasteiger partial charge in [-0.25, -0.2) is 0 Å². The highest BCUT2D eigenvalue weighted by Gasteiger charge is 2.30. The van der Waals surface area contributed by atoms with Crippen LogP contribution in [0.4, 0.5) is 13.2 Å². The predicted octanol–water partition coefficient (Wildman–Crippen LogP) is 5.20. The third-order valence-corrected chi connectivity index (χ3v) is 4.05. The lowest BCUT2D eigenvalue weighted by Crippen LogP contribution is -2.09. The molecule has 0 N–H and O–H groups in total. The molecule has 0 aliphatic rings. The van der Waals surface area contributed by atoms with Crippen LogP contribution in [0.5, 0.6) is 0 Å². The first-order valence-corrected chi connectivity index (χ1v) is 7.03. The van der Waals surface area contributed by atoms with Crippen molar-refractivity contribution in [3.05, 3.63) is 69.2 Å². The Labute approximate surface area is 128 Å². The van der Waals surface area contributed by atoms with E-state index in [2.05, 4.69) is 15.9 Å². The van der Waals surface area contributed by atoms with Crippen molar-refractivity contribution in [3.63, 3.8) is 0 Å². The van der Waals surface area contributed by atoms with E-state index < -0.39 is 11.7 Å². The van der Waals surface area contributed by atoms with Gasteiger partial charge in [0, 0.05) is 16.5 Å². The largest absolute Gasteiger partial charge is 0.416 e. The third-order valence-electron chi connectivity index (χ3n) is 3.19. The Morgan fingerprint density at radius 3 is 2.48 bits per heavy atom. The van der Waals surface area contributed by atoms with Gasteiger partial charge in [0.2, 0.25) is 0 Å². The van der Waals surface area contributed by atoms with E-state index in [-0.39, 0.29) is 12.2 Å². The normalized spacial score (nSPS) is 11.5. The second kappa shape index (κ2) is 6.02. The van der Waals surface area contributed by atoms with E-state index in [9.17, 15) is 18.0 Å². The van der Waals surface area contributed by atoms with Crippen molar-refractivity contribution in [2.24, 2.45) is 0 Å². The summed E-state index contributed by atoms with van der Waals surface area (Å²) in [6.45, 7) is 1.80. The van der Waals surface area contributed by atoms with Crippen LogP contribution in [0.3, 0.4) is 0 Å². The number of carbonyl (C=O) groups excluding carboxylic acids is 1. The van der Waals surface area contributed by atoms with Gasteiger partial charge in [0.25, 0.3) is 0 Å². The van der Waals surface area contributed by atoms with E-state index in [4.69, 9.17) is 0 Å². The third kappa shape index (κ3) is 3.73. The van der Waals surface area contributed by atoms with Crippen LogP contribution in [-0.4, -0.2) is 5.78 Å². The topological polar surface area (TPSA) is 17.1 Å². The molecule has 0 atom stereocenters. The van der Waals surface area contributed by atoms with E-state index >= 15 is 0 Å². The van der Waals surface area contributed by atoms with E-state index in [1.54, 1.807) is 19.1 Å². The summed E-state index contributed by atoms with van der Waals surface area (Å²) >= 11 is 3.34. The van der Waals surface area contributed by atoms with E-state index in [1.165, 1.54) is 12.1 Å². The van der Waals surface area contributed by atoms with Gasteiger partial charge in [-0.15, -0.1) is 0 Å². The number of benzene rings is 2. The Bertz CT molecular complexity index is 677. The van der Waals surface area contributed by atoms with Crippen LogP contribution in [-0.2, 0) is 12.6 Å². The number of Topliss-reactive ketones (excluding diaryl/α,β-unsaturated/α-hetero) is 1. The van der Waals surface area contributed by atoms with Crippen LogP contribution in [0.1, 0.15) is 27.0 Å². The molecule has 0 saturated heterocycles. The molecule has 110 valence electrons. The standard InChI is InChI=1S/C16H12BrF3O/c1-10-13(6-3-7-14(10)17)15(21)9-11-4-2-5-12(8-11)16(18,19)20/h2-8H,9H2,1H3. The van der Waals surface area contributed by atoms with Gasteiger partial charge in [0.15, 0.2) is 5.78 Å². The molecule has 21 heavy (non-hydrogen) atoms. The molecule has 0 bridgehead atoms. The summed E-state index contributed by atoms with van der Waals surface area (Å²) in [5.74, 6) is -0.201. The predicted molar refractivity (Wildman–Crippen MR) is 78.4 cm³/mol. The van der Waals surface area contributed by atoms with Crippen LogP contribution in [0, 0.1) is 6.92 Å². The van der Waals surface area contributed by atoms with Crippen LogP contribution >= 0.6 is 15.9 Å². The number of carbonyl (C=O) groups is 1. The van der Waals surface area contributed by atoms with Gasteiger partial charge in [0.05, 0.1) is 5.56 Å². The quantitative estimate of drug-likeness (QED) is 0.690. The van der Waals surface area contributed by atoms with Crippen molar-refractivity contribution in [2.45, 2.75) is 19.5 Å². The van der Waals surface area contributed by atoms with Crippen LogP contribution in [0.15, 0.2) is 46.9 Å². The summed E-state index contributed by atoms with van der Waals surface area (Å²) in [7, 11) is 0. The Hall–Kier alpha value is -1.62. The lowest BCUT2D eigenvalue weighted by Gasteiger charge is -2.10. The minimum atomic E-state index is -4.40. The molecule has 0 saturated carbocycles. The van der Waals surface area contributed by atoms with Gasteiger partial charge in [0.1, 0.15) is 0 Å². The first kappa shape index (κ1) is 15.8. The Balaban J connectivity index is 2.26. The molecular weight excluding hydrogens is 345 g/mol. The van der Waals surface area contributed by atoms with E-state index in [0.29, 0.717) is 11.1 Å². The maximum absolute atomic E-state index is 12.7. The molecule has 0 aromatic heterocycles. The zero-order valence-corrected chi connectivity index (χ0v) is 12.8. The van der Waals surface area contributed by atoms with Crippen molar-refractivity contribution >= 4 is 21.7 Å². The molecule has 0 fully saturated rings. The highest BCUT2D eigenvalue weighted by Crippen LogP contribution is 2.30. The summed E-state index contributed by atoms with van der Waals surface area (Å²) < 4.78 is 38.8. The molecule has 0 unspecified atom stereocenters. The van der Waals surface area contributed by atoms with E-state index in [1.807, 2.05) is 6.07 Å². The summed E-state index contributed by atoms with van der Waals surface area (Å²) in [5.41, 5.74) is 0.921. The zero-order chi connectivity index (χ0) is 15.6. The highest BCUT2D eigenvalue weighted by atomic mass is 79.9. The summed E-state index contributed by atoms with van der Waals surface area (Å²) in [6.07, 6.45) is -4.45. The first-order chi connectivity index (χ1) is 9.79. The number of hydrogen-bond acceptors (Lipinski definition) is 1. The fourth-order valence-electron chi connectivity index (χ4n) is 2.05. The molecule has 0 radical (unpaired) electrons. The maximum Gasteiger partial charge on any atom is 0.416 e. The molecule has 1 nitrogen and oxygen atoms in total. The highest BCUT2D eigenvalue weighted by molar-refractivity contribution is 9.10. The molecular formula is C16H12BrF3O. The monoisotopic (exact) mass is 356 g/mol. The van der Waals surface area contributed by atoms with Crippen molar-refractivity contribution in [3.8, 4) is 0 Å². The van der Waals surface area contributed by atoms with Crippen LogP contribution in [0.25, 0.3) is 0 Å². The average molecular weight is 357 g/mol. The number of alkyl halides is 3. The summed E-state index contributed by atoms with van der Waals surface area (Å²) in [6, 6.07) is 10.1. The average Bonchev–Trinajstić information content (AvgIpc) is 2.41. The molecule has 2 aromatic rings. The van der Waals surface area contributed by atoms with Gasteiger partial charge in [-0.05, 0) is 30.2 Å². The molecule has 0 heterocycles. The fourth-order valence-corrected chi connectivity index (χ4v) is 2.41. The number of rotatable bonds is 3. The molecule has 0 spiro atoms. The second-order valence-electron chi connectivity index (χ2n) is 4.71. The van der Waals surface area contributed by atoms with Gasteiger partial charge in [-0.3, -0.25) is 4.79 Å². The zero-order valence-electron chi connectivity index (χ0n) is 11.2. The Morgan fingerprint density at radius 1 is 1.14 bits per heavy atom. The lowest BCUT2D eigenvalue weighted by atomic mass is 9.98. The van der Waals surface area contributed by atoms with Gasteiger partial charge < -0.3 is 0 Å². The van der Waals surface area contributed by atoms with Crippen LogP contribution < -0.4 is 0 Å². The molecule has 2 rings (SSSR count). The summed E-state index contributed by atoms with van der Waals surface area (Å²) in [4.78, 5) is 12.2. The fraction of sp³-hybridized carbons (Fsp3) is 0.188. The first-order valence-electron chi connectivity index (χ1n) is 6.23. The Morgan fingerprint density at radius 2 is 1.81 bits per heavy atom. The molecule has 0 aliphatic heterocycles. The van der Waals surface area contributed by atoms with Crippen LogP contribution in [0.2, 0.25) is 0 Å². The van der Waals surface area contributed by atoms with E-state index in [0.717, 1.165) is 22.2 Å². The Kier molecular flexibility index (Phi) is 4.52. The molecule has 0 aliphatic carbocycles. The number of ketones is 1. The number of hydrogen-bond donors (Lipinski definition) is 0. The van der Waals surface area contributed by atoms with Crippen molar-refractivity contribution in [1.29, 1.82) is 0 Å². The number of halogens is 4. The SMILES string of the molecule is Cc1c(Br)cccc1C(=O)Cc1cccc(C(F)(F)F)c1. The lowest BCUT2D eigenvalue weighted by molar-refractivity contribution is -0.137. The van der Waals surface area contributed by atoms with Crippen molar-refractivity contribution in [1.82, 2.24) is 0 Å². The van der Waals surface area contributed by atoms with Gasteiger partial charge >= 0.3 is 6.18 Å². The van der Waals surface area contributed by atoms with Gasteiger partial charge in [-0.1, -0.05) is 46.3 Å². The second-order valence-corrected chi connectivity index (χ2v) is 5.56. The van der Waals surface area contributed by atoms with Crippen molar-refractivity contribution in [2.75, 3.05) is 0 Å². The molecule has 2 aromatic carbocycles. The minimum Gasteiger partial charge on any atom is -0.294 e. The van der Waals surface area contributed by atoms with Gasteiger partial charge in [-0.2, -0.15) is 13.2 Å². The molecule has 5 heteroatoms.